The Kier molecular flexibility index (Phi) is 5.07. The normalized spacial score (nSPS) is 11.9. The van der Waals surface area contributed by atoms with Crippen molar-refractivity contribution in [1.29, 1.82) is 0 Å². The average molecular weight is 369 g/mol. The fourth-order valence-corrected chi connectivity index (χ4v) is 2.73. The molecule has 0 bridgehead atoms. The quantitative estimate of drug-likeness (QED) is 0.687. The van der Waals surface area contributed by atoms with Crippen LogP contribution >= 0.6 is 0 Å². The summed E-state index contributed by atoms with van der Waals surface area (Å²) in [5.74, 6) is -0.625. The molecule has 0 aliphatic heterocycles. The monoisotopic (exact) mass is 369 g/mol. The smallest absolute Gasteiger partial charge is 0.355 e. The summed E-state index contributed by atoms with van der Waals surface area (Å²) in [6.07, 6.45) is -0.757. The van der Waals surface area contributed by atoms with Gasteiger partial charge in [-0.3, -0.25) is 0 Å². The highest BCUT2D eigenvalue weighted by molar-refractivity contribution is 5.98. The molecule has 0 unspecified atom stereocenters. The summed E-state index contributed by atoms with van der Waals surface area (Å²) in [6.45, 7) is 4.97. The summed E-state index contributed by atoms with van der Waals surface area (Å²) in [5, 5.41) is 7.93. The van der Waals surface area contributed by atoms with Gasteiger partial charge in [0.25, 0.3) is 5.89 Å². The minimum atomic E-state index is -0.757. The Balaban J connectivity index is 1.77. The first-order chi connectivity index (χ1) is 12.9. The highest BCUT2D eigenvalue weighted by atomic mass is 16.6. The topological polar surface area (TPSA) is 107 Å². The van der Waals surface area contributed by atoms with Gasteiger partial charge in [-0.05, 0) is 38.5 Å². The lowest BCUT2D eigenvalue weighted by molar-refractivity contribution is 0.0272. The number of hydrogen-bond donors (Lipinski definition) is 1. The van der Waals surface area contributed by atoms with E-state index in [9.17, 15) is 9.59 Å². The molecule has 2 heterocycles. The lowest BCUT2D eigenvalue weighted by Gasteiger charge is -2.09. The lowest BCUT2D eigenvalue weighted by Crippen LogP contribution is -2.11. The number of aromatic nitrogens is 3. The Labute approximate surface area is 155 Å². The molecule has 0 saturated heterocycles. The molecule has 8 nitrogen and oxygen atoms in total. The molecule has 0 aliphatic carbocycles. The maximum absolute atomic E-state index is 12.5. The summed E-state index contributed by atoms with van der Waals surface area (Å²) < 4.78 is 15.8. The summed E-state index contributed by atoms with van der Waals surface area (Å²) in [7, 11) is 1.29. The Bertz CT molecular complexity index is 975. The number of methoxy groups -OCH3 is 1. The minimum absolute atomic E-state index is 0.177. The zero-order valence-electron chi connectivity index (χ0n) is 15.4. The summed E-state index contributed by atoms with van der Waals surface area (Å²) in [5.41, 5.74) is 2.27. The second kappa shape index (κ2) is 7.45. The van der Waals surface area contributed by atoms with Crippen LogP contribution in [0.4, 0.5) is 0 Å². The molecule has 3 aromatic rings. The molecule has 27 heavy (non-hydrogen) atoms. The van der Waals surface area contributed by atoms with E-state index in [1.165, 1.54) is 7.11 Å². The van der Waals surface area contributed by atoms with Crippen molar-refractivity contribution in [3.8, 4) is 11.5 Å². The van der Waals surface area contributed by atoms with Crippen molar-refractivity contribution in [3.05, 3.63) is 58.7 Å². The van der Waals surface area contributed by atoms with Crippen LogP contribution in [0.2, 0.25) is 0 Å². The van der Waals surface area contributed by atoms with Gasteiger partial charge in [0.15, 0.2) is 6.10 Å². The molecule has 0 spiro atoms. The molecular weight excluding hydrogens is 350 g/mol. The van der Waals surface area contributed by atoms with Gasteiger partial charge in [0.1, 0.15) is 5.69 Å². The molecular formula is C19H19N3O5. The molecule has 0 aliphatic rings. The maximum atomic E-state index is 12.5. The minimum Gasteiger partial charge on any atom is -0.465 e. The van der Waals surface area contributed by atoms with Gasteiger partial charge in [-0.15, -0.1) is 10.2 Å². The van der Waals surface area contributed by atoms with E-state index in [-0.39, 0.29) is 11.6 Å². The number of hydrogen-bond acceptors (Lipinski definition) is 7. The molecule has 0 amide bonds. The van der Waals surface area contributed by atoms with Gasteiger partial charge < -0.3 is 18.9 Å². The van der Waals surface area contributed by atoms with Crippen LogP contribution in [0.15, 0.2) is 34.7 Å². The number of rotatable bonds is 5. The second-order valence-electron chi connectivity index (χ2n) is 5.98. The largest absolute Gasteiger partial charge is 0.465 e. The van der Waals surface area contributed by atoms with E-state index in [1.807, 2.05) is 30.3 Å². The third kappa shape index (κ3) is 3.59. The van der Waals surface area contributed by atoms with E-state index in [2.05, 4.69) is 15.2 Å². The van der Waals surface area contributed by atoms with Crippen LogP contribution in [0.3, 0.4) is 0 Å². The molecule has 8 heteroatoms. The maximum Gasteiger partial charge on any atom is 0.355 e. The van der Waals surface area contributed by atoms with Gasteiger partial charge in [-0.25, -0.2) is 9.59 Å². The highest BCUT2D eigenvalue weighted by Gasteiger charge is 2.26. The first-order valence-corrected chi connectivity index (χ1v) is 8.29. The third-order valence-corrected chi connectivity index (χ3v) is 4.12. The molecule has 2 aromatic heterocycles. The van der Waals surface area contributed by atoms with Gasteiger partial charge in [0.05, 0.1) is 12.7 Å². The fraction of sp³-hybridized carbons (Fsp3) is 0.263. The number of H-pyrrole nitrogens is 1. The van der Waals surface area contributed by atoms with E-state index in [0.717, 1.165) is 5.56 Å². The predicted octanol–water partition coefficient (Wildman–Crippen LogP) is 3.39. The van der Waals surface area contributed by atoms with Crippen LogP contribution in [0, 0.1) is 13.8 Å². The molecule has 1 aromatic carbocycles. The first kappa shape index (κ1) is 18.4. The third-order valence-electron chi connectivity index (χ3n) is 4.12. The van der Waals surface area contributed by atoms with Crippen LogP contribution < -0.4 is 0 Å². The molecule has 140 valence electrons. The first-order valence-electron chi connectivity index (χ1n) is 8.29. The van der Waals surface area contributed by atoms with Crippen molar-refractivity contribution in [1.82, 2.24) is 15.2 Å². The molecule has 3 rings (SSSR count). The second-order valence-corrected chi connectivity index (χ2v) is 5.98. The number of aryl methyl sites for hydroxylation is 1. The van der Waals surface area contributed by atoms with Gasteiger partial charge >= 0.3 is 11.9 Å². The number of esters is 2. The summed E-state index contributed by atoms with van der Waals surface area (Å²) in [6, 6.07) is 9.28. The van der Waals surface area contributed by atoms with Crippen LogP contribution in [-0.4, -0.2) is 34.2 Å². The SMILES string of the molecule is COC(=O)c1c(C)[nH]c(C(=O)O[C@@H](C)c2nnc(-c3ccccc3)o2)c1C. The Morgan fingerprint density at radius 3 is 2.48 bits per heavy atom. The van der Waals surface area contributed by atoms with Gasteiger partial charge in [0.2, 0.25) is 5.89 Å². The zero-order valence-corrected chi connectivity index (χ0v) is 15.4. The number of benzene rings is 1. The van der Waals surface area contributed by atoms with Crippen LogP contribution in [0.25, 0.3) is 11.5 Å². The van der Waals surface area contributed by atoms with Crippen molar-refractivity contribution >= 4 is 11.9 Å². The van der Waals surface area contributed by atoms with Crippen LogP contribution in [-0.2, 0) is 9.47 Å². The van der Waals surface area contributed by atoms with Crippen molar-refractivity contribution in [2.75, 3.05) is 7.11 Å². The van der Waals surface area contributed by atoms with E-state index in [0.29, 0.717) is 22.7 Å². The number of carbonyl (C=O) groups excluding carboxylic acids is 2. The van der Waals surface area contributed by atoms with Gasteiger partial charge in [0, 0.05) is 11.3 Å². The average Bonchev–Trinajstić information content (AvgIpc) is 3.27. The van der Waals surface area contributed by atoms with E-state index in [1.54, 1.807) is 20.8 Å². The Morgan fingerprint density at radius 2 is 1.81 bits per heavy atom. The zero-order chi connectivity index (χ0) is 19.6. The molecule has 1 N–H and O–H groups in total. The van der Waals surface area contributed by atoms with E-state index in [4.69, 9.17) is 13.9 Å². The number of nitrogens with one attached hydrogen (secondary N) is 1. The molecule has 0 radical (unpaired) electrons. The lowest BCUT2D eigenvalue weighted by atomic mass is 10.1. The highest BCUT2D eigenvalue weighted by Crippen LogP contribution is 2.25. The summed E-state index contributed by atoms with van der Waals surface area (Å²) >= 11 is 0. The standard InChI is InChI=1S/C19H19N3O5/c1-10-14(18(23)25-4)11(2)20-15(10)19(24)26-12(3)16-21-22-17(27-16)13-8-6-5-7-9-13/h5-9,12,20H,1-4H3/t12-/m0/s1. The number of aromatic amines is 1. The molecule has 0 fully saturated rings. The Hall–Kier alpha value is -3.42. The number of carbonyl (C=O) groups is 2. The van der Waals surface area contributed by atoms with E-state index < -0.39 is 18.0 Å². The predicted molar refractivity (Wildman–Crippen MR) is 95.2 cm³/mol. The van der Waals surface area contributed by atoms with Crippen molar-refractivity contribution < 1.29 is 23.5 Å². The summed E-state index contributed by atoms with van der Waals surface area (Å²) in [4.78, 5) is 27.2. The van der Waals surface area contributed by atoms with E-state index >= 15 is 0 Å². The van der Waals surface area contributed by atoms with Gasteiger partial charge in [-0.1, -0.05) is 18.2 Å². The van der Waals surface area contributed by atoms with Crippen molar-refractivity contribution in [2.45, 2.75) is 26.9 Å². The molecule has 1 atom stereocenters. The Morgan fingerprint density at radius 1 is 1.11 bits per heavy atom. The number of nitrogens with zero attached hydrogens (tertiary/aromatic N) is 2. The number of ether oxygens (including phenoxy) is 2. The van der Waals surface area contributed by atoms with Gasteiger partial charge in [-0.2, -0.15) is 0 Å². The van der Waals surface area contributed by atoms with Crippen LogP contribution in [0.5, 0.6) is 0 Å². The van der Waals surface area contributed by atoms with Crippen LogP contribution in [0.1, 0.15) is 51.0 Å². The van der Waals surface area contributed by atoms with Crippen molar-refractivity contribution in [2.24, 2.45) is 0 Å². The van der Waals surface area contributed by atoms with Crippen molar-refractivity contribution in [3.63, 3.8) is 0 Å². The fourth-order valence-electron chi connectivity index (χ4n) is 2.73. The molecule has 0 saturated carbocycles.